The fourth-order valence-electron chi connectivity index (χ4n) is 3.54. The fourth-order valence-corrected chi connectivity index (χ4v) is 3.54. The van der Waals surface area contributed by atoms with Crippen LogP contribution in [0.4, 0.5) is 0 Å². The molecule has 25 heavy (non-hydrogen) atoms. The lowest BCUT2D eigenvalue weighted by Gasteiger charge is -2.17. The largest absolute Gasteiger partial charge is 0.343 e. The van der Waals surface area contributed by atoms with Crippen molar-refractivity contribution in [2.24, 2.45) is 0 Å². The van der Waals surface area contributed by atoms with E-state index in [9.17, 15) is 4.79 Å². The van der Waals surface area contributed by atoms with E-state index < -0.39 is 0 Å². The molecule has 1 aliphatic heterocycles. The molecule has 0 bridgehead atoms. The van der Waals surface area contributed by atoms with Crippen LogP contribution in [0.2, 0.25) is 0 Å². The predicted octanol–water partition coefficient (Wildman–Crippen LogP) is 2.31. The van der Waals surface area contributed by atoms with Crippen molar-refractivity contribution >= 4 is 5.91 Å². The molecule has 0 radical (unpaired) electrons. The maximum absolute atomic E-state index is 13.0. The molecule has 3 heterocycles. The normalized spacial score (nSPS) is 20.1. The average molecular weight is 337 g/mol. The van der Waals surface area contributed by atoms with Crippen molar-refractivity contribution in [1.29, 1.82) is 0 Å². The third kappa shape index (κ3) is 2.82. The summed E-state index contributed by atoms with van der Waals surface area (Å²) in [7, 11) is 0. The number of carbonyl (C=O) groups is 1. The molecule has 1 aliphatic rings. The minimum atomic E-state index is -0.00808. The highest BCUT2D eigenvalue weighted by Crippen LogP contribution is 2.38. The van der Waals surface area contributed by atoms with Crippen LogP contribution >= 0.6 is 0 Å². The molecule has 7 heteroatoms. The molecule has 7 nitrogen and oxygen atoms in total. The van der Waals surface area contributed by atoms with E-state index in [0.29, 0.717) is 31.2 Å². The van der Waals surface area contributed by atoms with Crippen molar-refractivity contribution in [2.45, 2.75) is 25.3 Å². The molecule has 2 atom stereocenters. The van der Waals surface area contributed by atoms with Crippen molar-refractivity contribution in [3.8, 4) is 0 Å². The van der Waals surface area contributed by atoms with Gasteiger partial charge in [-0.05, 0) is 18.6 Å². The zero-order valence-electron chi connectivity index (χ0n) is 13.9. The lowest BCUT2D eigenvalue weighted by molar-refractivity contribution is 0.0776. The number of carbonyl (C=O) groups excluding carboxylic acids is 1. The fraction of sp³-hybridized carbons (Fsp3) is 0.333. The first-order chi connectivity index (χ1) is 12.3. The topological polar surface area (TPSA) is 77.0 Å². The summed E-state index contributed by atoms with van der Waals surface area (Å²) in [5.74, 6) is 0.795. The van der Waals surface area contributed by atoms with Crippen LogP contribution in [0.25, 0.3) is 0 Å². The van der Waals surface area contributed by atoms with Gasteiger partial charge in [0, 0.05) is 37.7 Å². The molecule has 2 aromatic heterocycles. The van der Waals surface area contributed by atoms with Crippen molar-refractivity contribution in [3.05, 3.63) is 66.1 Å². The maximum Gasteiger partial charge on any atom is 0.272 e. The van der Waals surface area contributed by atoms with E-state index in [-0.39, 0.29) is 17.7 Å². The minimum Gasteiger partial charge on any atom is -0.343 e. The molecule has 1 fully saturated rings. The Morgan fingerprint density at radius 1 is 1.20 bits per heavy atom. The molecule has 0 aliphatic carbocycles. The van der Waals surface area contributed by atoms with Crippen LogP contribution in [-0.4, -0.2) is 43.8 Å². The van der Waals surface area contributed by atoms with Crippen LogP contribution in [0, 0.1) is 0 Å². The van der Waals surface area contributed by atoms with Crippen LogP contribution in [-0.2, 0) is 6.54 Å². The molecular formula is C18H19N5O2. The van der Waals surface area contributed by atoms with E-state index in [1.165, 1.54) is 12.0 Å². The number of aromatic nitrogens is 4. The zero-order chi connectivity index (χ0) is 17.2. The Balaban J connectivity index is 1.65. The molecule has 1 saturated heterocycles. The standard InChI is InChI=1S/C18H19N5O2/c1-2-23-16(8-9-20-23)18(24)22-10-14(13-6-4-3-5-7-13)15(11-22)17-19-12-25-21-17/h3-9,12,14-15H,2,10-11H2,1H3/t14-,15+/m1/s1. The third-order valence-corrected chi connectivity index (χ3v) is 4.78. The Morgan fingerprint density at radius 2 is 2.00 bits per heavy atom. The molecule has 4 rings (SSSR count). The van der Waals surface area contributed by atoms with Gasteiger partial charge in [-0.2, -0.15) is 10.1 Å². The summed E-state index contributed by atoms with van der Waals surface area (Å²) < 4.78 is 6.66. The number of benzene rings is 1. The molecule has 0 spiro atoms. The van der Waals surface area contributed by atoms with Gasteiger partial charge in [0.1, 0.15) is 5.69 Å². The molecule has 3 aromatic rings. The summed E-state index contributed by atoms with van der Waals surface area (Å²) in [6.07, 6.45) is 3.01. The Bertz CT molecular complexity index is 844. The number of amides is 1. The summed E-state index contributed by atoms with van der Waals surface area (Å²) in [6, 6.07) is 12.0. The van der Waals surface area contributed by atoms with E-state index in [0.717, 1.165) is 0 Å². The second-order valence-electron chi connectivity index (χ2n) is 6.16. The summed E-state index contributed by atoms with van der Waals surface area (Å²) >= 11 is 0. The van der Waals surface area contributed by atoms with E-state index in [4.69, 9.17) is 4.52 Å². The molecule has 1 amide bonds. The molecule has 0 unspecified atom stereocenters. The summed E-state index contributed by atoms with van der Waals surface area (Å²) in [4.78, 5) is 19.1. The van der Waals surface area contributed by atoms with Gasteiger partial charge >= 0.3 is 0 Å². The van der Waals surface area contributed by atoms with Crippen LogP contribution in [0.3, 0.4) is 0 Å². The van der Waals surface area contributed by atoms with Crippen LogP contribution in [0.1, 0.15) is 40.6 Å². The Morgan fingerprint density at radius 3 is 2.72 bits per heavy atom. The molecule has 0 N–H and O–H groups in total. The number of likely N-dealkylation sites (tertiary alicyclic amines) is 1. The smallest absolute Gasteiger partial charge is 0.272 e. The number of rotatable bonds is 4. The first-order valence-corrected chi connectivity index (χ1v) is 8.40. The second kappa shape index (κ2) is 6.51. The quantitative estimate of drug-likeness (QED) is 0.730. The second-order valence-corrected chi connectivity index (χ2v) is 6.16. The van der Waals surface area contributed by atoms with Crippen molar-refractivity contribution in [1.82, 2.24) is 24.8 Å². The van der Waals surface area contributed by atoms with Gasteiger partial charge in [0.15, 0.2) is 5.82 Å². The Labute approximate surface area is 145 Å². The van der Waals surface area contributed by atoms with Crippen molar-refractivity contribution in [2.75, 3.05) is 13.1 Å². The summed E-state index contributed by atoms with van der Waals surface area (Å²) in [5, 5.41) is 8.23. The van der Waals surface area contributed by atoms with Crippen LogP contribution in [0.15, 0.2) is 53.5 Å². The molecule has 128 valence electrons. The van der Waals surface area contributed by atoms with Gasteiger partial charge in [0.05, 0.1) is 0 Å². The summed E-state index contributed by atoms with van der Waals surface area (Å²) in [5.41, 5.74) is 1.79. The van der Waals surface area contributed by atoms with Gasteiger partial charge in [-0.1, -0.05) is 35.5 Å². The lowest BCUT2D eigenvalue weighted by Crippen LogP contribution is -2.30. The monoisotopic (exact) mass is 337 g/mol. The minimum absolute atomic E-state index is 0.00808. The molecular weight excluding hydrogens is 318 g/mol. The van der Waals surface area contributed by atoms with Gasteiger partial charge < -0.3 is 9.42 Å². The number of hydrogen-bond donors (Lipinski definition) is 0. The number of nitrogens with zero attached hydrogens (tertiary/aromatic N) is 5. The van der Waals surface area contributed by atoms with E-state index >= 15 is 0 Å². The zero-order valence-corrected chi connectivity index (χ0v) is 13.9. The van der Waals surface area contributed by atoms with Gasteiger partial charge in [0.2, 0.25) is 6.39 Å². The van der Waals surface area contributed by atoms with E-state index in [2.05, 4.69) is 27.4 Å². The maximum atomic E-state index is 13.0. The highest BCUT2D eigenvalue weighted by atomic mass is 16.5. The van der Waals surface area contributed by atoms with E-state index in [1.54, 1.807) is 16.9 Å². The van der Waals surface area contributed by atoms with Crippen molar-refractivity contribution in [3.63, 3.8) is 0 Å². The lowest BCUT2D eigenvalue weighted by atomic mass is 9.88. The van der Waals surface area contributed by atoms with Crippen molar-refractivity contribution < 1.29 is 9.32 Å². The number of hydrogen-bond acceptors (Lipinski definition) is 5. The van der Waals surface area contributed by atoms with Gasteiger partial charge in [-0.3, -0.25) is 9.48 Å². The molecule has 1 aromatic carbocycles. The SMILES string of the molecule is CCn1nccc1C(=O)N1C[C@H](c2ccccc2)[C@@H](c2ncon2)C1. The Hall–Kier alpha value is -2.96. The van der Waals surface area contributed by atoms with Gasteiger partial charge in [0.25, 0.3) is 5.91 Å². The molecule has 0 saturated carbocycles. The number of aryl methyl sites for hydroxylation is 1. The van der Waals surface area contributed by atoms with Crippen LogP contribution < -0.4 is 0 Å². The first kappa shape index (κ1) is 15.6. The van der Waals surface area contributed by atoms with Crippen LogP contribution in [0.5, 0.6) is 0 Å². The third-order valence-electron chi connectivity index (χ3n) is 4.78. The van der Waals surface area contributed by atoms with Gasteiger partial charge in [-0.15, -0.1) is 0 Å². The highest BCUT2D eigenvalue weighted by molar-refractivity contribution is 5.92. The predicted molar refractivity (Wildman–Crippen MR) is 90.0 cm³/mol. The van der Waals surface area contributed by atoms with Gasteiger partial charge in [-0.25, -0.2) is 0 Å². The van der Waals surface area contributed by atoms with E-state index in [1.807, 2.05) is 30.0 Å². The highest BCUT2D eigenvalue weighted by Gasteiger charge is 2.40. The first-order valence-electron chi connectivity index (χ1n) is 8.40. The summed E-state index contributed by atoms with van der Waals surface area (Å²) in [6.45, 7) is 3.82. The Kier molecular flexibility index (Phi) is 4.05. The average Bonchev–Trinajstić information content (AvgIpc) is 3.41.